The summed E-state index contributed by atoms with van der Waals surface area (Å²) in [6.45, 7) is 5.41. The maximum absolute atomic E-state index is 13.4. The van der Waals surface area contributed by atoms with Crippen molar-refractivity contribution in [3.8, 4) is 17.2 Å². The van der Waals surface area contributed by atoms with Crippen molar-refractivity contribution in [3.63, 3.8) is 0 Å². The Kier molecular flexibility index (Phi) is 7.06. The lowest BCUT2D eigenvalue weighted by atomic mass is 9.96. The molecule has 2 heterocycles. The fraction of sp³-hybridized carbons (Fsp3) is 0.467. The number of carbonyl (C=O) groups is 3. The van der Waals surface area contributed by atoms with Crippen molar-refractivity contribution in [3.05, 3.63) is 52.5 Å². The van der Waals surface area contributed by atoms with Crippen molar-refractivity contribution in [2.24, 2.45) is 5.92 Å². The van der Waals surface area contributed by atoms with Gasteiger partial charge < -0.3 is 15.0 Å². The maximum Gasteiger partial charge on any atom is 0.411 e. The summed E-state index contributed by atoms with van der Waals surface area (Å²) >= 11 is 6.63. The van der Waals surface area contributed by atoms with Crippen molar-refractivity contribution < 1.29 is 19.1 Å². The van der Waals surface area contributed by atoms with Gasteiger partial charge >= 0.3 is 6.09 Å². The van der Waals surface area contributed by atoms with Crippen LogP contribution in [-0.2, 0) is 27.2 Å². The van der Waals surface area contributed by atoms with Crippen LogP contribution in [0, 0.1) is 17.2 Å². The molecule has 2 aliphatic heterocycles. The van der Waals surface area contributed by atoms with Crippen molar-refractivity contribution in [2.45, 2.75) is 76.6 Å². The molecule has 2 bridgehead atoms. The quantitative estimate of drug-likeness (QED) is 0.574. The summed E-state index contributed by atoms with van der Waals surface area (Å²) in [6.07, 6.45) is 2.66. The average Bonchev–Trinajstić information content (AvgIpc) is 3.57. The third-order valence-corrected chi connectivity index (χ3v) is 8.26. The van der Waals surface area contributed by atoms with E-state index in [-0.39, 0.29) is 30.2 Å². The minimum atomic E-state index is -0.805. The first-order chi connectivity index (χ1) is 18.4. The molecule has 8 nitrogen and oxygen atoms in total. The van der Waals surface area contributed by atoms with E-state index in [1.807, 2.05) is 36.4 Å². The van der Waals surface area contributed by atoms with Crippen molar-refractivity contribution in [1.29, 1.82) is 5.26 Å². The Morgan fingerprint density at radius 3 is 2.59 bits per heavy atom. The molecule has 1 N–H and O–H groups in total. The van der Waals surface area contributed by atoms with Crippen LogP contribution >= 0.6 is 11.6 Å². The van der Waals surface area contributed by atoms with E-state index in [1.165, 1.54) is 0 Å². The number of benzene rings is 2. The molecular weight excluding hydrogens is 516 g/mol. The van der Waals surface area contributed by atoms with Crippen LogP contribution in [0.3, 0.4) is 0 Å². The topological polar surface area (TPSA) is 103 Å². The molecule has 3 aliphatic rings. The van der Waals surface area contributed by atoms with Crippen LogP contribution in [0.5, 0.6) is 0 Å². The summed E-state index contributed by atoms with van der Waals surface area (Å²) in [7, 11) is 1.77. The molecule has 4 atom stereocenters. The molecular formula is C30H33ClN4O4. The summed E-state index contributed by atoms with van der Waals surface area (Å²) in [5, 5.41) is 13.2. The van der Waals surface area contributed by atoms with Crippen molar-refractivity contribution in [1.82, 2.24) is 10.2 Å². The zero-order chi connectivity index (χ0) is 28.1. The van der Waals surface area contributed by atoms with E-state index >= 15 is 0 Å². The molecule has 0 spiro atoms. The van der Waals surface area contributed by atoms with Gasteiger partial charge in [0.05, 0.1) is 12.5 Å². The first kappa shape index (κ1) is 27.0. The van der Waals surface area contributed by atoms with Gasteiger partial charge in [-0.25, -0.2) is 4.79 Å². The highest BCUT2D eigenvalue weighted by Crippen LogP contribution is 2.43. The van der Waals surface area contributed by atoms with Crippen LogP contribution in [0.15, 0.2) is 36.4 Å². The number of likely N-dealkylation sites (tertiary alicyclic amines) is 1. The summed E-state index contributed by atoms with van der Waals surface area (Å²) in [4.78, 5) is 41.6. The zero-order valence-electron chi connectivity index (χ0n) is 22.7. The highest BCUT2D eigenvalue weighted by atomic mass is 35.5. The number of piperidine rings is 1. The Balaban J connectivity index is 1.28. The number of hydrogen-bond donors (Lipinski definition) is 1. The molecule has 39 heavy (non-hydrogen) atoms. The number of nitriles is 1. The number of nitrogens with one attached hydrogen (secondary N) is 1. The fourth-order valence-corrected chi connectivity index (χ4v) is 6.28. The Bertz CT molecular complexity index is 1380. The lowest BCUT2D eigenvalue weighted by molar-refractivity contribution is -0.128. The van der Waals surface area contributed by atoms with Gasteiger partial charge in [-0.05, 0) is 80.3 Å². The van der Waals surface area contributed by atoms with Gasteiger partial charge in [-0.15, -0.1) is 0 Å². The van der Waals surface area contributed by atoms with E-state index in [2.05, 4.69) is 11.4 Å². The van der Waals surface area contributed by atoms with Gasteiger partial charge in [0.15, 0.2) is 0 Å². The van der Waals surface area contributed by atoms with Crippen LogP contribution in [0.2, 0.25) is 5.02 Å². The van der Waals surface area contributed by atoms with Crippen molar-refractivity contribution >= 4 is 35.2 Å². The number of likely N-dealkylation sites (N-methyl/N-ethyl adjacent to an activating group) is 1. The number of amides is 3. The van der Waals surface area contributed by atoms with Gasteiger partial charge in [0.1, 0.15) is 17.7 Å². The number of fused-ring (bicyclic) bond motifs is 3. The molecule has 1 saturated carbocycles. The number of anilines is 1. The van der Waals surface area contributed by atoms with Crippen LogP contribution in [0.1, 0.15) is 51.2 Å². The molecule has 0 aromatic heterocycles. The molecule has 9 heteroatoms. The summed E-state index contributed by atoms with van der Waals surface area (Å²) in [5.74, 6) is -0.199. The molecule has 2 aromatic rings. The predicted octanol–water partition coefficient (Wildman–Crippen LogP) is 4.86. The van der Waals surface area contributed by atoms with Gasteiger partial charge in [0.2, 0.25) is 11.8 Å². The van der Waals surface area contributed by atoms with Gasteiger partial charge in [0.25, 0.3) is 0 Å². The molecule has 2 aromatic carbocycles. The second-order valence-electron chi connectivity index (χ2n) is 11.7. The van der Waals surface area contributed by atoms with E-state index in [0.717, 1.165) is 47.2 Å². The van der Waals surface area contributed by atoms with E-state index < -0.39 is 23.8 Å². The number of ether oxygens (including phenoxy) is 1. The first-order valence-electron chi connectivity index (χ1n) is 13.3. The number of carbonyl (C=O) groups excluding carboxylic acids is 3. The monoisotopic (exact) mass is 548 g/mol. The Hall–Kier alpha value is -3.57. The third-order valence-electron chi connectivity index (χ3n) is 7.90. The highest BCUT2D eigenvalue weighted by Gasteiger charge is 2.52. The second-order valence-corrected chi connectivity index (χ2v) is 12.1. The molecule has 1 aliphatic carbocycles. The number of rotatable bonds is 5. The van der Waals surface area contributed by atoms with E-state index in [0.29, 0.717) is 11.4 Å². The van der Waals surface area contributed by atoms with E-state index in [1.54, 1.807) is 37.6 Å². The molecule has 1 unspecified atom stereocenters. The number of hydrogen-bond acceptors (Lipinski definition) is 5. The maximum atomic E-state index is 13.4. The minimum Gasteiger partial charge on any atom is -0.444 e. The molecule has 3 amide bonds. The van der Waals surface area contributed by atoms with Gasteiger partial charge in [-0.1, -0.05) is 35.9 Å². The van der Waals surface area contributed by atoms with Gasteiger partial charge in [0, 0.05) is 30.2 Å². The molecule has 5 rings (SSSR count). The minimum absolute atomic E-state index is 0.0137. The molecule has 0 radical (unpaired) electrons. The van der Waals surface area contributed by atoms with Crippen molar-refractivity contribution in [2.75, 3.05) is 11.9 Å². The lowest BCUT2D eigenvalue weighted by Crippen LogP contribution is -2.55. The lowest BCUT2D eigenvalue weighted by Gasteiger charge is -2.35. The Labute approximate surface area is 233 Å². The number of nitrogens with zero attached hydrogens (tertiary/aromatic N) is 3. The standard InChI is InChI=1S/C30H33ClN4O4/c1-30(2,3)39-29(38)35-23-10-9-21(12-23)27(35)28(37)33-22(16-32)11-19-7-5-17(13-24(19)31)18-6-8-20-15-26(36)34(4)25(20)14-18/h5-8,13-14,21-23,27H,9-12,15H2,1-4H3,(H,33,37)/t21-,22?,23+,27-/m0/s1. The second kappa shape index (κ2) is 10.2. The normalized spacial score (nSPS) is 22.5. The third kappa shape index (κ3) is 5.33. The summed E-state index contributed by atoms with van der Waals surface area (Å²) in [5.41, 5.74) is 3.80. The van der Waals surface area contributed by atoms with E-state index in [9.17, 15) is 19.6 Å². The van der Waals surface area contributed by atoms with Crippen LogP contribution in [0.25, 0.3) is 11.1 Å². The Morgan fingerprint density at radius 1 is 1.18 bits per heavy atom. The molecule has 2 fully saturated rings. The Morgan fingerprint density at radius 2 is 1.90 bits per heavy atom. The smallest absolute Gasteiger partial charge is 0.411 e. The van der Waals surface area contributed by atoms with Crippen LogP contribution < -0.4 is 10.2 Å². The molecule has 1 saturated heterocycles. The van der Waals surface area contributed by atoms with Gasteiger partial charge in [-0.3, -0.25) is 14.5 Å². The zero-order valence-corrected chi connectivity index (χ0v) is 23.4. The average molecular weight is 549 g/mol. The van der Waals surface area contributed by atoms with E-state index in [4.69, 9.17) is 16.3 Å². The predicted molar refractivity (Wildman–Crippen MR) is 148 cm³/mol. The van der Waals surface area contributed by atoms with Crippen LogP contribution in [-0.4, -0.2) is 53.6 Å². The highest BCUT2D eigenvalue weighted by molar-refractivity contribution is 6.31. The summed E-state index contributed by atoms with van der Waals surface area (Å²) in [6, 6.07) is 12.3. The first-order valence-corrected chi connectivity index (χ1v) is 13.7. The fourth-order valence-electron chi connectivity index (χ4n) is 6.02. The summed E-state index contributed by atoms with van der Waals surface area (Å²) < 4.78 is 5.59. The van der Waals surface area contributed by atoms with Gasteiger partial charge in [-0.2, -0.15) is 5.26 Å². The SMILES string of the molecule is CN1C(=O)Cc2ccc(-c3ccc(CC(C#N)NC(=O)[C@@H]4[C@H]5CC[C@H](C5)N4C(=O)OC(C)(C)C)c(Cl)c3)cc21. The van der Waals surface area contributed by atoms with Crippen LogP contribution in [0.4, 0.5) is 10.5 Å². The molecule has 204 valence electrons. The largest absolute Gasteiger partial charge is 0.444 e. The number of halogens is 1.